The molecule has 1 saturated heterocycles. The smallest absolute Gasteiger partial charge is 0.270 e. The lowest BCUT2D eigenvalue weighted by Crippen LogP contribution is -2.47. The van der Waals surface area contributed by atoms with Crippen LogP contribution in [0.1, 0.15) is 30.8 Å². The third-order valence-corrected chi connectivity index (χ3v) is 4.34. The van der Waals surface area contributed by atoms with Crippen LogP contribution in [0.2, 0.25) is 0 Å². The highest BCUT2D eigenvalue weighted by Gasteiger charge is 2.30. The minimum absolute atomic E-state index is 0.0986. The van der Waals surface area contributed by atoms with Gasteiger partial charge in [-0.2, -0.15) is 0 Å². The lowest BCUT2D eigenvalue weighted by molar-refractivity contribution is -0.00193. The summed E-state index contributed by atoms with van der Waals surface area (Å²) in [5.74, 6) is 0.611. The number of piperidine rings is 1. The number of carbonyl (C=O) groups is 1. The van der Waals surface area contributed by atoms with Crippen LogP contribution in [0.3, 0.4) is 0 Å². The maximum absolute atomic E-state index is 12.6. The van der Waals surface area contributed by atoms with Gasteiger partial charge in [0.15, 0.2) is 0 Å². The van der Waals surface area contributed by atoms with Crippen molar-refractivity contribution in [1.82, 2.24) is 9.47 Å². The topological polar surface area (TPSA) is 34.5 Å². The van der Waals surface area contributed by atoms with Crippen molar-refractivity contribution in [3.63, 3.8) is 0 Å². The molecule has 1 aliphatic heterocycles. The molecule has 1 aliphatic rings. The fourth-order valence-electron chi connectivity index (χ4n) is 2.60. The highest BCUT2D eigenvalue weighted by molar-refractivity contribution is 9.10. The molecule has 4 nitrogen and oxygen atoms in total. The Morgan fingerprint density at radius 3 is 2.95 bits per heavy atom. The Bertz CT molecular complexity index is 458. The maximum Gasteiger partial charge on any atom is 0.270 e. The van der Waals surface area contributed by atoms with Crippen LogP contribution in [0.25, 0.3) is 0 Å². The first kappa shape index (κ1) is 14.6. The minimum atomic E-state index is 0.0986. The molecule has 0 radical (unpaired) electrons. The number of nitrogens with zero attached hydrogens (tertiary/aromatic N) is 2. The summed E-state index contributed by atoms with van der Waals surface area (Å²) in [6.07, 6.45) is 3.09. The van der Waals surface area contributed by atoms with E-state index >= 15 is 0 Å². The third kappa shape index (κ3) is 3.03. The van der Waals surface area contributed by atoms with E-state index in [1.54, 1.807) is 7.11 Å². The Labute approximate surface area is 122 Å². The molecule has 0 aliphatic carbocycles. The molecule has 0 spiro atoms. The number of carbonyl (C=O) groups excluding carboxylic acids is 1. The molecule has 0 bridgehead atoms. The monoisotopic (exact) mass is 328 g/mol. The van der Waals surface area contributed by atoms with Gasteiger partial charge >= 0.3 is 0 Å². The fourth-order valence-corrected chi connectivity index (χ4v) is 3.07. The molecule has 1 amide bonds. The van der Waals surface area contributed by atoms with Gasteiger partial charge in [-0.1, -0.05) is 6.92 Å². The minimum Gasteiger partial charge on any atom is -0.379 e. The zero-order valence-corrected chi connectivity index (χ0v) is 13.3. The first-order valence-corrected chi connectivity index (χ1v) is 7.53. The molecule has 1 aromatic rings. The molecule has 2 heterocycles. The zero-order chi connectivity index (χ0) is 14.0. The second-order valence-corrected chi connectivity index (χ2v) is 6.04. The Kier molecular flexibility index (Phi) is 4.68. The summed E-state index contributed by atoms with van der Waals surface area (Å²) < 4.78 is 8.40. The fraction of sp³-hybridized carbons (Fsp3) is 0.643. The molecule has 106 valence electrons. The summed E-state index contributed by atoms with van der Waals surface area (Å²) >= 11 is 3.43. The van der Waals surface area contributed by atoms with Gasteiger partial charge in [0.25, 0.3) is 5.91 Å². The lowest BCUT2D eigenvalue weighted by atomic mass is 9.95. The van der Waals surface area contributed by atoms with Gasteiger partial charge in [-0.05, 0) is 41.3 Å². The van der Waals surface area contributed by atoms with Crippen molar-refractivity contribution in [2.45, 2.75) is 32.9 Å². The molecule has 2 unspecified atom stereocenters. The average Bonchev–Trinajstić information content (AvgIpc) is 2.79. The van der Waals surface area contributed by atoms with Gasteiger partial charge in [0.2, 0.25) is 0 Å². The molecular formula is C14H21BrN2O2. The number of halogens is 1. The molecule has 0 saturated carbocycles. The molecular weight excluding hydrogens is 308 g/mol. The van der Waals surface area contributed by atoms with Gasteiger partial charge in [0.05, 0.1) is 6.10 Å². The molecule has 0 aromatic carbocycles. The van der Waals surface area contributed by atoms with Crippen molar-refractivity contribution in [2.24, 2.45) is 5.92 Å². The largest absolute Gasteiger partial charge is 0.379 e. The van der Waals surface area contributed by atoms with Crippen molar-refractivity contribution in [2.75, 3.05) is 20.2 Å². The number of likely N-dealkylation sites (tertiary alicyclic amines) is 1. The first-order valence-electron chi connectivity index (χ1n) is 6.74. The second kappa shape index (κ2) is 6.09. The number of hydrogen-bond donors (Lipinski definition) is 0. The summed E-state index contributed by atoms with van der Waals surface area (Å²) in [6.45, 7) is 6.51. The molecule has 1 fully saturated rings. The van der Waals surface area contributed by atoms with Gasteiger partial charge in [-0.15, -0.1) is 0 Å². The summed E-state index contributed by atoms with van der Waals surface area (Å²) in [6, 6.07) is 1.89. The molecule has 2 atom stereocenters. The SMILES string of the molecule is CCn1cc(Br)cc1C(=O)N1CCC(C)C(OC)C1. The van der Waals surface area contributed by atoms with E-state index < -0.39 is 0 Å². The quantitative estimate of drug-likeness (QED) is 0.855. The van der Waals surface area contributed by atoms with Crippen molar-refractivity contribution in [3.05, 3.63) is 22.4 Å². The molecule has 0 N–H and O–H groups in total. The molecule has 19 heavy (non-hydrogen) atoms. The van der Waals surface area contributed by atoms with E-state index in [0.29, 0.717) is 12.5 Å². The van der Waals surface area contributed by atoms with Gasteiger partial charge in [0.1, 0.15) is 5.69 Å². The van der Waals surface area contributed by atoms with E-state index in [-0.39, 0.29) is 12.0 Å². The van der Waals surface area contributed by atoms with Crippen molar-refractivity contribution >= 4 is 21.8 Å². The predicted molar refractivity (Wildman–Crippen MR) is 78.3 cm³/mol. The van der Waals surface area contributed by atoms with Gasteiger partial charge < -0.3 is 14.2 Å². The van der Waals surface area contributed by atoms with Crippen LogP contribution in [0.5, 0.6) is 0 Å². The number of amides is 1. The Morgan fingerprint density at radius 2 is 2.32 bits per heavy atom. The van der Waals surface area contributed by atoms with Crippen molar-refractivity contribution < 1.29 is 9.53 Å². The maximum atomic E-state index is 12.6. The van der Waals surface area contributed by atoms with Crippen LogP contribution in [0, 0.1) is 5.92 Å². The van der Waals surface area contributed by atoms with Gasteiger partial charge in [0, 0.05) is 37.4 Å². The third-order valence-electron chi connectivity index (χ3n) is 3.90. The predicted octanol–water partition coefficient (Wildman–Crippen LogP) is 2.77. The first-order chi connectivity index (χ1) is 9.06. The summed E-state index contributed by atoms with van der Waals surface area (Å²) in [7, 11) is 1.72. The van der Waals surface area contributed by atoms with Gasteiger partial charge in [-0.25, -0.2) is 0 Å². The van der Waals surface area contributed by atoms with E-state index in [4.69, 9.17) is 4.74 Å². The zero-order valence-electron chi connectivity index (χ0n) is 11.7. The number of ether oxygens (including phenoxy) is 1. The summed E-state index contributed by atoms with van der Waals surface area (Å²) in [5, 5.41) is 0. The van der Waals surface area contributed by atoms with Crippen molar-refractivity contribution in [3.8, 4) is 0 Å². The van der Waals surface area contributed by atoms with E-state index in [2.05, 4.69) is 22.9 Å². The number of rotatable bonds is 3. The van der Waals surface area contributed by atoms with Crippen molar-refractivity contribution in [1.29, 1.82) is 0 Å². The highest BCUT2D eigenvalue weighted by atomic mass is 79.9. The Morgan fingerprint density at radius 1 is 1.58 bits per heavy atom. The number of hydrogen-bond acceptors (Lipinski definition) is 2. The summed E-state index contributed by atoms with van der Waals surface area (Å²) in [4.78, 5) is 14.5. The highest BCUT2D eigenvalue weighted by Crippen LogP contribution is 2.23. The number of aromatic nitrogens is 1. The van der Waals surface area contributed by atoms with Crippen LogP contribution in [-0.2, 0) is 11.3 Å². The number of aryl methyl sites for hydroxylation is 1. The van der Waals surface area contributed by atoms with E-state index in [0.717, 1.165) is 29.7 Å². The standard InChI is InChI=1S/C14H21BrN2O2/c1-4-16-8-11(15)7-12(16)14(18)17-6-5-10(2)13(9-17)19-3/h7-8,10,13H,4-6,9H2,1-3H3. The van der Waals surface area contributed by atoms with E-state index in [9.17, 15) is 4.79 Å². The molecule has 2 rings (SSSR count). The van der Waals surface area contributed by atoms with Gasteiger partial charge in [-0.3, -0.25) is 4.79 Å². The average molecular weight is 329 g/mol. The van der Waals surface area contributed by atoms with E-state index in [1.807, 2.05) is 28.7 Å². The molecule has 1 aromatic heterocycles. The Balaban J connectivity index is 2.15. The van der Waals surface area contributed by atoms with Crippen LogP contribution in [-0.4, -0.2) is 41.7 Å². The second-order valence-electron chi connectivity index (χ2n) is 5.12. The number of methoxy groups -OCH3 is 1. The molecule has 5 heteroatoms. The van der Waals surface area contributed by atoms with Crippen LogP contribution in [0.15, 0.2) is 16.7 Å². The lowest BCUT2D eigenvalue weighted by Gasteiger charge is -2.36. The summed E-state index contributed by atoms with van der Waals surface area (Å²) in [5.41, 5.74) is 0.749. The van der Waals surface area contributed by atoms with Crippen LogP contribution in [0.4, 0.5) is 0 Å². The normalized spacial score (nSPS) is 23.7. The van der Waals surface area contributed by atoms with E-state index in [1.165, 1.54) is 0 Å². The Hall–Kier alpha value is -0.810. The van der Waals surface area contributed by atoms with Crippen LogP contribution >= 0.6 is 15.9 Å². The van der Waals surface area contributed by atoms with Crippen LogP contribution < -0.4 is 0 Å².